The Morgan fingerprint density at radius 1 is 1.22 bits per heavy atom. The van der Waals surface area contributed by atoms with Crippen LogP contribution in [0.3, 0.4) is 0 Å². The van der Waals surface area contributed by atoms with Crippen molar-refractivity contribution in [3.05, 3.63) is 58.4 Å². The number of nitrogens with one attached hydrogen (secondary N) is 1. The lowest BCUT2D eigenvalue weighted by molar-refractivity contribution is -0.156. The maximum Gasteiger partial charge on any atom is 0.320 e. The summed E-state index contributed by atoms with van der Waals surface area (Å²) in [5.74, 6) is -0.978. The number of likely N-dealkylation sites (tertiary alicyclic amines) is 1. The van der Waals surface area contributed by atoms with Crippen molar-refractivity contribution in [2.24, 2.45) is 5.92 Å². The molecule has 1 aromatic heterocycles. The van der Waals surface area contributed by atoms with E-state index in [4.69, 9.17) is 9.47 Å². The molecule has 0 amide bonds. The van der Waals surface area contributed by atoms with Crippen molar-refractivity contribution in [3.63, 3.8) is 0 Å². The van der Waals surface area contributed by atoms with Crippen molar-refractivity contribution in [1.29, 1.82) is 5.26 Å². The number of anilines is 1. The first-order valence-electron chi connectivity index (χ1n) is 15.3. The highest BCUT2D eigenvalue weighted by Crippen LogP contribution is 2.34. The van der Waals surface area contributed by atoms with E-state index in [-0.39, 0.29) is 40.5 Å². The van der Waals surface area contributed by atoms with E-state index in [1.54, 1.807) is 13.0 Å². The van der Waals surface area contributed by atoms with Gasteiger partial charge in [0.15, 0.2) is 11.6 Å². The van der Waals surface area contributed by atoms with Crippen molar-refractivity contribution in [3.8, 4) is 17.6 Å². The van der Waals surface area contributed by atoms with Gasteiger partial charge in [-0.05, 0) is 95.8 Å². The van der Waals surface area contributed by atoms with Gasteiger partial charge in [0.2, 0.25) is 0 Å². The number of aromatic nitrogens is 2. The van der Waals surface area contributed by atoms with Gasteiger partial charge in [-0.2, -0.15) is 18.0 Å². The van der Waals surface area contributed by atoms with Crippen LogP contribution < -0.4 is 15.0 Å². The molecule has 0 aliphatic carbocycles. The second kappa shape index (κ2) is 14.6. The molecule has 1 aliphatic heterocycles. The number of benzene rings is 2. The molecule has 1 aliphatic rings. The number of hydrogen-bond acceptors (Lipinski definition) is 9. The molecule has 1 N–H and O–H groups in total. The Morgan fingerprint density at radius 3 is 2.59 bits per heavy atom. The summed E-state index contributed by atoms with van der Waals surface area (Å²) < 4.78 is 56.0. The molecule has 1 saturated heterocycles. The number of nitrogens with zero attached hydrogens (tertiary/aromatic N) is 5. The third-order valence-corrected chi connectivity index (χ3v) is 9.38. The van der Waals surface area contributed by atoms with Crippen LogP contribution in [-0.4, -0.2) is 72.0 Å². The van der Waals surface area contributed by atoms with E-state index in [0.29, 0.717) is 24.5 Å². The van der Waals surface area contributed by atoms with Gasteiger partial charge in [0.1, 0.15) is 23.0 Å². The number of carbonyl (C=O) groups excluding carboxylic acids is 1. The molecule has 2 aromatic carbocycles. The zero-order valence-corrected chi connectivity index (χ0v) is 27.7. The molecule has 4 rings (SSSR count). The van der Waals surface area contributed by atoms with Crippen LogP contribution in [0.1, 0.15) is 58.9 Å². The van der Waals surface area contributed by atoms with Gasteiger partial charge in [-0.1, -0.05) is 6.92 Å². The van der Waals surface area contributed by atoms with Crippen LogP contribution >= 0.6 is 0 Å². The van der Waals surface area contributed by atoms with Crippen LogP contribution in [0.2, 0.25) is 0 Å². The minimum Gasteiger partial charge on any atom is -0.459 e. The number of esters is 1. The summed E-state index contributed by atoms with van der Waals surface area (Å²) in [7, 11) is -2.62. The van der Waals surface area contributed by atoms with Crippen molar-refractivity contribution in [2.75, 3.05) is 37.9 Å². The lowest BCUT2D eigenvalue weighted by Crippen LogP contribution is -2.39. The lowest BCUT2D eigenvalue weighted by Gasteiger charge is -2.32. The van der Waals surface area contributed by atoms with Gasteiger partial charge in [-0.3, -0.25) is 23.8 Å². The minimum absolute atomic E-state index is 0.0865. The van der Waals surface area contributed by atoms with Crippen molar-refractivity contribution < 1.29 is 27.1 Å². The molecule has 12 nitrogen and oxygen atoms in total. The second-order valence-electron chi connectivity index (χ2n) is 12.4. The molecule has 0 unspecified atom stereocenters. The maximum atomic E-state index is 14.9. The summed E-state index contributed by atoms with van der Waals surface area (Å²) >= 11 is 0. The number of hydrogen-bond donors (Lipinski definition) is 1. The summed E-state index contributed by atoms with van der Waals surface area (Å²) in [5.41, 5.74) is -0.838. The fourth-order valence-corrected chi connectivity index (χ4v) is 6.20. The molecule has 46 heavy (non-hydrogen) atoms. The first-order chi connectivity index (χ1) is 21.7. The molecule has 0 radical (unpaired) electrons. The van der Waals surface area contributed by atoms with Crippen LogP contribution in [0.25, 0.3) is 10.9 Å². The minimum atomic E-state index is -3.98. The van der Waals surface area contributed by atoms with Crippen LogP contribution in [0.15, 0.2) is 41.5 Å². The highest BCUT2D eigenvalue weighted by molar-refractivity contribution is 7.90. The SMILES string of the molecule is CCN(C)S(=O)(=O)Nc1ccc(F)c(Oc2ccc3ncn(CCCC4CCN(CC(=O)OC(C)(C)C)CC4)c(=O)c3c2)c1C#N. The van der Waals surface area contributed by atoms with Gasteiger partial charge in [0.25, 0.3) is 5.56 Å². The van der Waals surface area contributed by atoms with E-state index in [1.807, 2.05) is 26.8 Å². The normalized spacial score (nSPS) is 14.7. The third kappa shape index (κ3) is 8.80. The van der Waals surface area contributed by atoms with Gasteiger partial charge >= 0.3 is 16.2 Å². The van der Waals surface area contributed by atoms with Gasteiger partial charge in [-0.15, -0.1) is 0 Å². The van der Waals surface area contributed by atoms with Crippen molar-refractivity contribution in [1.82, 2.24) is 18.8 Å². The van der Waals surface area contributed by atoms with Gasteiger partial charge in [0, 0.05) is 20.1 Å². The molecule has 0 bridgehead atoms. The van der Waals surface area contributed by atoms with E-state index >= 15 is 0 Å². The number of halogens is 1. The highest BCUT2D eigenvalue weighted by Gasteiger charge is 2.24. The highest BCUT2D eigenvalue weighted by atomic mass is 32.2. The van der Waals surface area contributed by atoms with E-state index in [0.717, 1.165) is 55.2 Å². The summed E-state index contributed by atoms with van der Waals surface area (Å²) in [6.07, 6.45) is 5.14. The molecule has 248 valence electrons. The van der Waals surface area contributed by atoms with E-state index in [2.05, 4.69) is 14.6 Å². The number of carbonyl (C=O) groups is 1. The predicted molar refractivity (Wildman–Crippen MR) is 172 cm³/mol. The maximum absolute atomic E-state index is 14.9. The monoisotopic (exact) mass is 656 g/mol. The molecule has 3 aromatic rings. The average Bonchev–Trinajstić information content (AvgIpc) is 2.99. The predicted octanol–water partition coefficient (Wildman–Crippen LogP) is 4.64. The number of fused-ring (bicyclic) bond motifs is 1. The van der Waals surface area contributed by atoms with Crippen LogP contribution in [0, 0.1) is 23.1 Å². The first kappa shape index (κ1) is 34.8. The fraction of sp³-hybridized carbons (Fsp3) is 0.500. The molecule has 14 heteroatoms. The largest absolute Gasteiger partial charge is 0.459 e. The molecule has 0 saturated carbocycles. The summed E-state index contributed by atoms with van der Waals surface area (Å²) in [4.78, 5) is 32.0. The van der Waals surface area contributed by atoms with Crippen LogP contribution in [-0.2, 0) is 26.3 Å². The second-order valence-corrected chi connectivity index (χ2v) is 14.2. The molecular formula is C32H41FN6O6S. The van der Waals surface area contributed by atoms with E-state index in [1.165, 1.54) is 30.1 Å². The Morgan fingerprint density at radius 2 is 1.93 bits per heavy atom. The first-order valence-corrected chi connectivity index (χ1v) is 16.7. The zero-order valence-electron chi connectivity index (χ0n) is 26.9. The molecular weight excluding hydrogens is 615 g/mol. The average molecular weight is 657 g/mol. The van der Waals surface area contributed by atoms with Crippen molar-refractivity contribution in [2.45, 2.75) is 65.5 Å². The summed E-state index contributed by atoms with van der Waals surface area (Å²) in [6.45, 7) is 9.80. The number of aryl methyl sites for hydroxylation is 1. The topological polar surface area (TPSA) is 147 Å². The lowest BCUT2D eigenvalue weighted by atomic mass is 9.92. The Labute approximate surface area is 268 Å². The van der Waals surface area contributed by atoms with E-state index < -0.39 is 27.4 Å². The molecule has 1 fully saturated rings. The van der Waals surface area contributed by atoms with Gasteiger partial charge in [-0.25, -0.2) is 9.37 Å². The number of ether oxygens (including phenoxy) is 2. The van der Waals surface area contributed by atoms with Gasteiger partial charge in [0.05, 0.1) is 29.5 Å². The summed E-state index contributed by atoms with van der Waals surface area (Å²) in [6, 6.07) is 8.47. The standard InChI is InChI=1S/C32H41FN6O6S/c1-6-37(5)46(42,43)36-28-12-10-26(33)30(25(28)19-34)44-23-9-11-27-24(18-23)31(41)39(21-35-27)15-7-8-22-13-16-38(17-14-22)20-29(40)45-32(2,3)4/h9-12,18,21-22,36H,6-8,13-17,20H2,1-5H3. The zero-order chi connectivity index (χ0) is 33.6. The van der Waals surface area contributed by atoms with Gasteiger partial charge < -0.3 is 9.47 Å². The Bertz CT molecular complexity index is 1770. The molecule has 0 spiro atoms. The van der Waals surface area contributed by atoms with Crippen LogP contribution in [0.4, 0.5) is 10.1 Å². The smallest absolute Gasteiger partial charge is 0.320 e. The molecule has 2 heterocycles. The Kier molecular flexibility index (Phi) is 11.0. The number of nitriles is 1. The Hall–Kier alpha value is -4.06. The Balaban J connectivity index is 1.41. The van der Waals surface area contributed by atoms with Crippen molar-refractivity contribution >= 4 is 32.8 Å². The number of rotatable bonds is 12. The fourth-order valence-electron chi connectivity index (χ4n) is 5.26. The number of piperidine rings is 1. The van der Waals surface area contributed by atoms with E-state index in [9.17, 15) is 27.7 Å². The molecule has 0 atom stereocenters. The summed E-state index contributed by atoms with van der Waals surface area (Å²) in [5, 5.41) is 10.0. The van der Waals surface area contributed by atoms with Crippen LogP contribution in [0.5, 0.6) is 11.5 Å². The third-order valence-electron chi connectivity index (χ3n) is 7.82. The quantitative estimate of drug-likeness (QED) is 0.275.